The zero-order valence-corrected chi connectivity index (χ0v) is 11.3. The molecule has 1 fully saturated rings. The molecule has 0 unspecified atom stereocenters. The molecule has 0 radical (unpaired) electrons. The molecular formula is C13H24N2O3. The highest BCUT2D eigenvalue weighted by molar-refractivity contribution is 5.78. The quantitative estimate of drug-likeness (QED) is 0.651. The van der Waals surface area contributed by atoms with Crippen molar-refractivity contribution in [1.82, 2.24) is 10.6 Å². The fourth-order valence-corrected chi connectivity index (χ4v) is 2.20. The Kier molecular flexibility index (Phi) is 5.44. The molecule has 0 aliphatic heterocycles. The molecule has 0 aromatic heterocycles. The topological polar surface area (TPSA) is 78.4 Å². The van der Waals surface area contributed by atoms with Crippen molar-refractivity contribution in [3.63, 3.8) is 0 Å². The Morgan fingerprint density at radius 3 is 2.22 bits per heavy atom. The Morgan fingerprint density at radius 1 is 1.22 bits per heavy atom. The molecule has 0 aromatic rings. The molecule has 0 aromatic carbocycles. The number of amides is 2. The lowest BCUT2D eigenvalue weighted by Crippen LogP contribution is -2.50. The van der Waals surface area contributed by atoms with E-state index in [1.54, 1.807) is 0 Å². The third kappa shape index (κ3) is 3.62. The number of carboxylic acid groups (broad SMARTS) is 1. The Balaban J connectivity index is 2.26. The normalized spacial score (nSPS) is 17.1. The van der Waals surface area contributed by atoms with Crippen molar-refractivity contribution in [2.45, 2.75) is 46.0 Å². The summed E-state index contributed by atoms with van der Waals surface area (Å²) in [6, 6.07) is -0.255. The molecule has 3 N–H and O–H groups in total. The summed E-state index contributed by atoms with van der Waals surface area (Å²) in [6.45, 7) is 5.08. The Hall–Kier alpha value is -1.26. The van der Waals surface area contributed by atoms with Crippen LogP contribution in [0.4, 0.5) is 4.79 Å². The van der Waals surface area contributed by atoms with Crippen LogP contribution >= 0.6 is 0 Å². The lowest BCUT2D eigenvalue weighted by Gasteiger charge is -2.37. The maximum atomic E-state index is 11.6. The van der Waals surface area contributed by atoms with Gasteiger partial charge in [-0.1, -0.05) is 33.1 Å². The first-order valence-electron chi connectivity index (χ1n) is 6.79. The monoisotopic (exact) mass is 256 g/mol. The summed E-state index contributed by atoms with van der Waals surface area (Å²) in [5, 5.41) is 14.6. The van der Waals surface area contributed by atoms with E-state index in [0.717, 1.165) is 19.3 Å². The molecule has 2 amide bonds. The van der Waals surface area contributed by atoms with Crippen LogP contribution in [-0.4, -0.2) is 30.2 Å². The summed E-state index contributed by atoms with van der Waals surface area (Å²) >= 11 is 0. The number of carboxylic acids is 1. The van der Waals surface area contributed by atoms with Crippen LogP contribution in [0.5, 0.6) is 0 Å². The maximum absolute atomic E-state index is 11.6. The van der Waals surface area contributed by atoms with Crippen LogP contribution in [0.15, 0.2) is 0 Å². The van der Waals surface area contributed by atoms with E-state index < -0.39 is 11.4 Å². The van der Waals surface area contributed by atoms with E-state index in [-0.39, 0.29) is 12.6 Å². The average Bonchev–Trinajstić information content (AvgIpc) is 2.28. The molecule has 1 aliphatic rings. The van der Waals surface area contributed by atoms with Crippen molar-refractivity contribution in [3.8, 4) is 0 Å². The number of urea groups is 1. The highest BCUT2D eigenvalue weighted by Crippen LogP contribution is 2.40. The summed E-state index contributed by atoms with van der Waals surface area (Å²) in [4.78, 5) is 22.7. The number of hydrogen-bond acceptors (Lipinski definition) is 2. The molecule has 1 rings (SSSR count). The minimum Gasteiger partial charge on any atom is -0.481 e. The van der Waals surface area contributed by atoms with Crippen LogP contribution in [0, 0.1) is 11.3 Å². The molecule has 1 aliphatic carbocycles. The second-order valence-electron chi connectivity index (χ2n) is 5.19. The van der Waals surface area contributed by atoms with Gasteiger partial charge in [-0.2, -0.15) is 0 Å². The van der Waals surface area contributed by atoms with E-state index in [4.69, 9.17) is 5.11 Å². The van der Waals surface area contributed by atoms with Gasteiger partial charge in [-0.05, 0) is 18.8 Å². The third-order valence-electron chi connectivity index (χ3n) is 4.06. The second kappa shape index (κ2) is 6.61. The van der Waals surface area contributed by atoms with Gasteiger partial charge in [0, 0.05) is 13.1 Å². The predicted molar refractivity (Wildman–Crippen MR) is 69.4 cm³/mol. The van der Waals surface area contributed by atoms with Gasteiger partial charge in [0.2, 0.25) is 0 Å². The van der Waals surface area contributed by atoms with Crippen molar-refractivity contribution in [1.29, 1.82) is 0 Å². The minimum atomic E-state index is -0.797. The lowest BCUT2D eigenvalue weighted by atomic mass is 9.69. The van der Waals surface area contributed by atoms with Gasteiger partial charge in [0.15, 0.2) is 0 Å². The van der Waals surface area contributed by atoms with Gasteiger partial charge < -0.3 is 15.7 Å². The van der Waals surface area contributed by atoms with Crippen LogP contribution in [0.3, 0.4) is 0 Å². The maximum Gasteiger partial charge on any atom is 0.314 e. The molecule has 0 atom stereocenters. The van der Waals surface area contributed by atoms with E-state index in [9.17, 15) is 9.59 Å². The number of nitrogens with one attached hydrogen (secondary N) is 2. The SMILES string of the molecule is CCC(CC)CNC(=O)NCC1(C(=O)O)CCC1. The smallest absolute Gasteiger partial charge is 0.314 e. The van der Waals surface area contributed by atoms with Crippen LogP contribution < -0.4 is 10.6 Å². The molecule has 0 bridgehead atoms. The van der Waals surface area contributed by atoms with Gasteiger partial charge >= 0.3 is 12.0 Å². The largest absolute Gasteiger partial charge is 0.481 e. The van der Waals surface area contributed by atoms with Gasteiger partial charge in [-0.15, -0.1) is 0 Å². The van der Waals surface area contributed by atoms with Crippen LogP contribution in [0.2, 0.25) is 0 Å². The molecule has 5 nitrogen and oxygen atoms in total. The van der Waals surface area contributed by atoms with Crippen molar-refractivity contribution in [2.24, 2.45) is 11.3 Å². The van der Waals surface area contributed by atoms with E-state index in [1.807, 2.05) is 0 Å². The first-order chi connectivity index (χ1) is 8.54. The molecule has 104 valence electrons. The predicted octanol–water partition coefficient (Wildman–Crippen LogP) is 1.98. The molecule has 18 heavy (non-hydrogen) atoms. The summed E-state index contributed by atoms with van der Waals surface area (Å²) < 4.78 is 0. The standard InChI is InChI=1S/C13H24N2O3/c1-3-10(4-2)8-14-12(18)15-9-13(11(16)17)6-5-7-13/h10H,3-9H2,1-2H3,(H,16,17)(H2,14,15,18). The zero-order valence-electron chi connectivity index (χ0n) is 11.3. The van der Waals surface area contributed by atoms with Crippen LogP contribution in [0.1, 0.15) is 46.0 Å². The molecule has 5 heteroatoms. The minimum absolute atomic E-state index is 0.233. The van der Waals surface area contributed by atoms with Crippen LogP contribution in [-0.2, 0) is 4.79 Å². The van der Waals surface area contributed by atoms with E-state index >= 15 is 0 Å². The van der Waals surface area contributed by atoms with Gasteiger partial charge in [0.1, 0.15) is 0 Å². The molecular weight excluding hydrogens is 232 g/mol. The molecule has 1 saturated carbocycles. The lowest BCUT2D eigenvalue weighted by molar-refractivity contribution is -0.153. The second-order valence-corrected chi connectivity index (χ2v) is 5.19. The van der Waals surface area contributed by atoms with Crippen molar-refractivity contribution in [2.75, 3.05) is 13.1 Å². The van der Waals surface area contributed by atoms with Crippen LogP contribution in [0.25, 0.3) is 0 Å². The fraction of sp³-hybridized carbons (Fsp3) is 0.846. The Bertz CT molecular complexity index is 297. The zero-order chi connectivity index (χ0) is 13.6. The van der Waals surface area contributed by atoms with Crippen molar-refractivity contribution >= 4 is 12.0 Å². The van der Waals surface area contributed by atoms with Gasteiger partial charge in [-0.25, -0.2) is 4.79 Å². The summed E-state index contributed by atoms with van der Waals surface area (Å²) in [7, 11) is 0. The fourth-order valence-electron chi connectivity index (χ4n) is 2.20. The molecule has 0 saturated heterocycles. The van der Waals surface area contributed by atoms with E-state index in [0.29, 0.717) is 25.3 Å². The van der Waals surface area contributed by atoms with Gasteiger partial charge in [-0.3, -0.25) is 4.79 Å². The van der Waals surface area contributed by atoms with Crippen molar-refractivity contribution in [3.05, 3.63) is 0 Å². The highest BCUT2D eigenvalue weighted by atomic mass is 16.4. The van der Waals surface area contributed by atoms with Gasteiger partial charge in [0.05, 0.1) is 5.41 Å². The average molecular weight is 256 g/mol. The van der Waals surface area contributed by atoms with E-state index in [1.165, 1.54) is 0 Å². The number of carbonyl (C=O) groups excluding carboxylic acids is 1. The number of carbonyl (C=O) groups is 2. The summed E-state index contributed by atoms with van der Waals surface area (Å²) in [6.07, 6.45) is 4.33. The summed E-state index contributed by atoms with van der Waals surface area (Å²) in [5.74, 6) is -0.304. The van der Waals surface area contributed by atoms with Crippen molar-refractivity contribution < 1.29 is 14.7 Å². The Morgan fingerprint density at radius 2 is 1.83 bits per heavy atom. The van der Waals surface area contributed by atoms with Gasteiger partial charge in [0.25, 0.3) is 0 Å². The number of aliphatic carboxylic acids is 1. The summed E-state index contributed by atoms with van der Waals surface area (Å²) in [5.41, 5.74) is -0.716. The molecule has 0 heterocycles. The Labute approximate surface area is 108 Å². The van der Waals surface area contributed by atoms with E-state index in [2.05, 4.69) is 24.5 Å². The molecule has 0 spiro atoms. The third-order valence-corrected chi connectivity index (χ3v) is 4.06. The number of hydrogen-bond donors (Lipinski definition) is 3. The number of rotatable bonds is 7. The first kappa shape index (κ1) is 14.8. The highest BCUT2D eigenvalue weighted by Gasteiger charge is 2.44. The first-order valence-corrected chi connectivity index (χ1v) is 6.79.